The van der Waals surface area contributed by atoms with Gasteiger partial charge in [0, 0.05) is 0 Å². The highest BCUT2D eigenvalue weighted by molar-refractivity contribution is 7.80. The minimum Gasteiger partial charge on any atom is -0.0756 e. The molecule has 7 rings (SSSR count). The zero-order chi connectivity index (χ0) is 58.8. The molecule has 0 amide bonds. The number of hydrogen-bond acceptors (Lipinski definition) is 0. The lowest BCUT2D eigenvalue weighted by molar-refractivity contribution is 0.420. The van der Waals surface area contributed by atoms with Crippen molar-refractivity contribution in [1.82, 2.24) is 0 Å². The van der Waals surface area contributed by atoms with Gasteiger partial charge in [-0.25, -0.2) is 0 Å². The third-order valence-corrected chi connectivity index (χ3v) is 21.0. The maximum Gasteiger partial charge on any atom is -0.000884 e. The molecule has 0 radical (unpaired) electrons. The lowest BCUT2D eigenvalue weighted by atomic mass is 9.81. The molecule has 0 aromatic heterocycles. The summed E-state index contributed by atoms with van der Waals surface area (Å²) in [5.74, 6) is 0. The summed E-state index contributed by atoms with van der Waals surface area (Å²) in [6, 6.07) is 51.9. The Morgan fingerprint density at radius 2 is 0.709 bits per heavy atom. The average molecular weight is 1090 g/mol. The van der Waals surface area contributed by atoms with Crippen molar-refractivity contribution in [1.29, 1.82) is 0 Å². The summed E-state index contributed by atoms with van der Waals surface area (Å²) < 4.78 is 0. The van der Waals surface area contributed by atoms with Crippen LogP contribution in [0.4, 0.5) is 0 Å². The molecule has 0 N–H and O–H groups in total. The Morgan fingerprint density at radius 1 is 0.380 bits per heavy atom. The predicted octanol–water partition coefficient (Wildman–Crippen LogP) is 21.3. The fourth-order valence-electron chi connectivity index (χ4n) is 10.7. The van der Waals surface area contributed by atoms with E-state index in [0.29, 0.717) is 0 Å². The number of allylic oxidation sites excluding steroid dienone is 4. The molecule has 7 aromatic carbocycles. The molecule has 0 heterocycles. The summed E-state index contributed by atoms with van der Waals surface area (Å²) in [6.07, 6.45) is 7.30. The van der Waals surface area contributed by atoms with E-state index >= 15 is 0 Å². The molecular weight excluding hydrogens is 987 g/mol. The molecule has 0 fully saturated rings. The van der Waals surface area contributed by atoms with E-state index in [0.717, 1.165) is 12.8 Å². The van der Waals surface area contributed by atoms with Gasteiger partial charge in [-0.3, -0.25) is 0 Å². The molecule has 1 atom stereocenters. The summed E-state index contributed by atoms with van der Waals surface area (Å²) in [7, 11) is -2.37. The van der Waals surface area contributed by atoms with E-state index in [1.165, 1.54) is 103 Å². The van der Waals surface area contributed by atoms with Crippen LogP contribution >= 0.6 is 15.8 Å². The lowest BCUT2D eigenvalue weighted by Gasteiger charge is -2.34. The van der Waals surface area contributed by atoms with E-state index in [2.05, 4.69) is 313 Å². The molecule has 79 heavy (non-hydrogen) atoms. The Bertz CT molecular complexity index is 3230. The Hall–Kier alpha value is -4.60. The van der Waals surface area contributed by atoms with Gasteiger partial charge < -0.3 is 0 Å². The van der Waals surface area contributed by atoms with E-state index in [4.69, 9.17) is 0 Å². The minimum absolute atomic E-state index is 0.00768. The van der Waals surface area contributed by atoms with Gasteiger partial charge in [0.2, 0.25) is 0 Å². The first-order valence-corrected chi connectivity index (χ1v) is 32.4. The Morgan fingerprint density at radius 3 is 1.04 bits per heavy atom. The molecule has 0 nitrogen and oxygen atoms in total. The fourth-order valence-corrected chi connectivity index (χ4v) is 16.0. The standard InChI is InChI=1S/C77H102P2/c1-26-53(71(5,6)7)44-60(39-40-70(2,3)4)78(61-45-54(72(8,9)10)41-55(46-61)73(11,12)13)66-37-35-51-31-27-29-33-64(51)68(66)69-65-34-30-28-32-52(65)36-38-67(69)79(62-47-56(74(14,15)16)42-57(48-62)75(17,18)19)63-49-58(76(20,21)22)43-59(50-63)77(23,24)25/h27-39,41-50H,26,40H2,1-25H3/b53-44+,60-39+. The molecule has 2 heteroatoms. The number of fused-ring (bicyclic) bond motifs is 2. The molecule has 0 aliphatic rings. The second-order valence-electron chi connectivity index (χ2n) is 31.5. The first kappa shape index (κ1) is 62.0. The van der Waals surface area contributed by atoms with Crippen LogP contribution in [0.5, 0.6) is 0 Å². The van der Waals surface area contributed by atoms with Gasteiger partial charge >= 0.3 is 0 Å². The molecule has 420 valence electrons. The maximum atomic E-state index is 2.67. The molecule has 0 aliphatic carbocycles. The smallest absolute Gasteiger partial charge is 0.000884 e. The van der Waals surface area contributed by atoms with Crippen LogP contribution < -0.4 is 26.5 Å². The van der Waals surface area contributed by atoms with Crippen LogP contribution in [0, 0.1) is 10.8 Å². The molecule has 0 saturated heterocycles. The molecule has 1 unspecified atom stereocenters. The molecule has 0 bridgehead atoms. The summed E-state index contributed by atoms with van der Waals surface area (Å²) in [5, 5.41) is 13.7. The van der Waals surface area contributed by atoms with Gasteiger partial charge in [0.15, 0.2) is 0 Å². The summed E-state index contributed by atoms with van der Waals surface area (Å²) in [4.78, 5) is 0. The van der Waals surface area contributed by atoms with E-state index in [1.807, 2.05) is 0 Å². The Labute approximate surface area is 485 Å². The minimum atomic E-state index is -1.19. The van der Waals surface area contributed by atoms with Crippen molar-refractivity contribution in [2.24, 2.45) is 10.8 Å². The summed E-state index contributed by atoms with van der Waals surface area (Å²) in [5.41, 5.74) is 12.3. The van der Waals surface area contributed by atoms with E-state index < -0.39 is 15.8 Å². The Kier molecular flexibility index (Phi) is 17.5. The quantitative estimate of drug-likeness (QED) is 0.0946. The van der Waals surface area contributed by atoms with Gasteiger partial charge in [0.05, 0.1) is 0 Å². The van der Waals surface area contributed by atoms with Crippen LogP contribution in [-0.4, -0.2) is 0 Å². The van der Waals surface area contributed by atoms with E-state index in [1.54, 1.807) is 0 Å². The van der Waals surface area contributed by atoms with Gasteiger partial charge in [-0.15, -0.1) is 0 Å². The lowest BCUT2D eigenvalue weighted by Crippen LogP contribution is -2.29. The molecular formula is C77H102P2. The van der Waals surface area contributed by atoms with Crippen LogP contribution in [0.15, 0.2) is 150 Å². The third kappa shape index (κ3) is 14.4. The van der Waals surface area contributed by atoms with Crippen LogP contribution in [0.2, 0.25) is 0 Å². The predicted molar refractivity (Wildman–Crippen MR) is 360 cm³/mol. The first-order valence-electron chi connectivity index (χ1n) is 29.7. The van der Waals surface area contributed by atoms with E-state index in [9.17, 15) is 0 Å². The summed E-state index contributed by atoms with van der Waals surface area (Å²) >= 11 is 0. The molecule has 0 aliphatic heterocycles. The van der Waals surface area contributed by atoms with Gasteiger partial charge in [-0.1, -0.05) is 318 Å². The van der Waals surface area contributed by atoms with Crippen molar-refractivity contribution in [2.75, 3.05) is 0 Å². The molecule has 7 aromatic rings. The van der Waals surface area contributed by atoms with Crippen molar-refractivity contribution in [2.45, 2.75) is 218 Å². The number of benzene rings is 7. The van der Waals surface area contributed by atoms with Gasteiger partial charge in [0.25, 0.3) is 0 Å². The van der Waals surface area contributed by atoms with Crippen molar-refractivity contribution < 1.29 is 0 Å². The first-order chi connectivity index (χ1) is 36.2. The highest BCUT2D eigenvalue weighted by Gasteiger charge is 2.34. The fraction of sp³-hybridized carbons (Fsp3) is 0.455. The van der Waals surface area contributed by atoms with Gasteiger partial charge in [-0.05, 0) is 170 Å². The van der Waals surface area contributed by atoms with Crippen molar-refractivity contribution in [3.63, 3.8) is 0 Å². The van der Waals surface area contributed by atoms with Crippen LogP contribution in [0.3, 0.4) is 0 Å². The van der Waals surface area contributed by atoms with Crippen LogP contribution in [-0.2, 0) is 32.5 Å². The van der Waals surface area contributed by atoms with Crippen LogP contribution in [0.1, 0.15) is 219 Å². The number of hydrogen-bond donors (Lipinski definition) is 0. The monoisotopic (exact) mass is 1090 g/mol. The van der Waals surface area contributed by atoms with Crippen molar-refractivity contribution in [3.8, 4) is 11.1 Å². The number of rotatable bonds is 10. The third-order valence-electron chi connectivity index (χ3n) is 16.1. The zero-order valence-electron chi connectivity index (χ0n) is 54.1. The second kappa shape index (κ2) is 22.3. The van der Waals surface area contributed by atoms with Crippen LogP contribution in [0.25, 0.3) is 32.7 Å². The highest BCUT2D eigenvalue weighted by Crippen LogP contribution is 2.53. The van der Waals surface area contributed by atoms with Gasteiger partial charge in [-0.2, -0.15) is 0 Å². The zero-order valence-corrected chi connectivity index (χ0v) is 55.9. The van der Waals surface area contributed by atoms with E-state index in [-0.39, 0.29) is 43.3 Å². The average Bonchev–Trinajstić information content (AvgIpc) is 3.41. The largest absolute Gasteiger partial charge is 0.0756 e. The van der Waals surface area contributed by atoms with Crippen molar-refractivity contribution in [3.05, 3.63) is 184 Å². The topological polar surface area (TPSA) is 0 Å². The highest BCUT2D eigenvalue weighted by atomic mass is 31.1. The normalized spacial score (nSPS) is 14.5. The second-order valence-corrected chi connectivity index (χ2v) is 35.9. The summed E-state index contributed by atoms with van der Waals surface area (Å²) in [6.45, 7) is 60.0. The van der Waals surface area contributed by atoms with Crippen molar-refractivity contribution >= 4 is 63.9 Å². The Balaban J connectivity index is 1.81. The maximum absolute atomic E-state index is 2.67. The molecule has 0 spiro atoms. The van der Waals surface area contributed by atoms with Gasteiger partial charge in [0.1, 0.15) is 0 Å². The SMILES string of the molecule is CC/C(=C\C(=C/CC(C)(C)C)P(c1cc(C(C)(C)C)cc(C(C)(C)C)c1)c1ccc2ccccc2c1-c1c(P(c2cc(C(C)(C)C)cc(C(C)(C)C)c2)c2cc(C(C)(C)C)cc(C(C)(C)C)c2)ccc2ccccc12)C(C)(C)C. The molecule has 0 saturated carbocycles.